The Balaban J connectivity index is 1.95. The number of benzene rings is 1. The van der Waals surface area contributed by atoms with Gasteiger partial charge in [0.25, 0.3) is 0 Å². The van der Waals surface area contributed by atoms with Gasteiger partial charge in [0.15, 0.2) is 0 Å². The highest BCUT2D eigenvalue weighted by Gasteiger charge is 2.39. The van der Waals surface area contributed by atoms with Crippen molar-refractivity contribution in [3.8, 4) is 6.07 Å². The molecule has 2 N–H and O–H groups in total. The number of halogens is 1. The number of piperidine rings is 1. The van der Waals surface area contributed by atoms with Crippen molar-refractivity contribution in [3.05, 3.63) is 35.1 Å². The first-order valence-corrected chi connectivity index (χ1v) is 6.91. The molecule has 2 aliphatic rings. The van der Waals surface area contributed by atoms with Gasteiger partial charge in [-0.05, 0) is 49.9 Å². The van der Waals surface area contributed by atoms with Gasteiger partial charge in [-0.15, -0.1) is 0 Å². The van der Waals surface area contributed by atoms with Gasteiger partial charge in [-0.1, -0.05) is 6.07 Å². The summed E-state index contributed by atoms with van der Waals surface area (Å²) >= 11 is 0. The van der Waals surface area contributed by atoms with Gasteiger partial charge >= 0.3 is 0 Å². The third-order valence-corrected chi connectivity index (χ3v) is 4.18. The number of hydrogen-bond acceptors (Lipinski definition) is 3. The third-order valence-electron chi connectivity index (χ3n) is 4.18. The molecule has 1 heterocycles. The first-order chi connectivity index (χ1) is 9.20. The molecule has 0 bridgehead atoms. The first-order valence-electron chi connectivity index (χ1n) is 6.91. The molecule has 2 fully saturated rings. The summed E-state index contributed by atoms with van der Waals surface area (Å²) in [4.78, 5) is 2.45. The van der Waals surface area contributed by atoms with Crippen LogP contribution in [0.4, 0.5) is 4.39 Å². The normalized spacial score (nSPS) is 28.1. The molecule has 1 aliphatic heterocycles. The van der Waals surface area contributed by atoms with Crippen molar-refractivity contribution < 1.29 is 4.39 Å². The van der Waals surface area contributed by atoms with Crippen molar-refractivity contribution in [2.75, 3.05) is 6.54 Å². The summed E-state index contributed by atoms with van der Waals surface area (Å²) in [7, 11) is 0. The number of nitrogens with two attached hydrogens (primary N) is 1. The number of likely N-dealkylation sites (tertiary alicyclic amines) is 1. The van der Waals surface area contributed by atoms with Crippen molar-refractivity contribution in [1.82, 2.24) is 4.90 Å². The lowest BCUT2D eigenvalue weighted by atomic mass is 9.90. The smallest absolute Gasteiger partial charge is 0.140 e. The average Bonchev–Trinajstić information content (AvgIpc) is 3.24. The summed E-state index contributed by atoms with van der Waals surface area (Å²) in [6.45, 7) is 1.06. The summed E-state index contributed by atoms with van der Waals surface area (Å²) in [5.74, 6) is -0.450. The molecule has 3 nitrogen and oxygen atoms in total. The van der Waals surface area contributed by atoms with Crippen LogP contribution < -0.4 is 5.73 Å². The minimum atomic E-state index is -0.450. The molecule has 1 aliphatic carbocycles. The van der Waals surface area contributed by atoms with Crippen LogP contribution in [0.15, 0.2) is 18.2 Å². The second-order valence-electron chi connectivity index (χ2n) is 5.57. The lowest BCUT2D eigenvalue weighted by Crippen LogP contribution is -2.46. The molecule has 0 spiro atoms. The van der Waals surface area contributed by atoms with Gasteiger partial charge in [-0.3, -0.25) is 4.90 Å². The first kappa shape index (κ1) is 12.6. The molecule has 1 aromatic rings. The highest BCUT2D eigenvalue weighted by Crippen LogP contribution is 2.39. The van der Waals surface area contributed by atoms with Crippen LogP contribution in [0.1, 0.15) is 42.9 Å². The van der Waals surface area contributed by atoms with Crippen molar-refractivity contribution in [2.45, 2.75) is 43.8 Å². The van der Waals surface area contributed by atoms with E-state index in [0.717, 1.165) is 24.9 Å². The highest BCUT2D eigenvalue weighted by molar-refractivity contribution is 5.36. The quantitative estimate of drug-likeness (QED) is 0.886. The van der Waals surface area contributed by atoms with Crippen molar-refractivity contribution in [1.29, 1.82) is 5.26 Å². The van der Waals surface area contributed by atoms with Gasteiger partial charge in [0.1, 0.15) is 11.9 Å². The lowest BCUT2D eigenvalue weighted by Gasteiger charge is -2.40. The van der Waals surface area contributed by atoms with Gasteiger partial charge in [-0.25, -0.2) is 4.39 Å². The predicted molar refractivity (Wildman–Crippen MR) is 70.8 cm³/mol. The van der Waals surface area contributed by atoms with Crippen LogP contribution in [0.25, 0.3) is 0 Å². The lowest BCUT2D eigenvalue weighted by molar-refractivity contribution is 0.120. The molecule has 4 heteroatoms. The molecule has 19 heavy (non-hydrogen) atoms. The molecule has 2 unspecified atom stereocenters. The van der Waals surface area contributed by atoms with Gasteiger partial charge < -0.3 is 5.73 Å². The van der Waals surface area contributed by atoms with Crippen LogP contribution in [0.2, 0.25) is 0 Å². The predicted octanol–water partition coefficient (Wildman–Crippen LogP) is 2.32. The number of nitriles is 1. The van der Waals surface area contributed by atoms with Crippen molar-refractivity contribution in [3.63, 3.8) is 0 Å². The van der Waals surface area contributed by atoms with Gasteiger partial charge in [-0.2, -0.15) is 5.26 Å². The number of rotatable bonds is 2. The molecule has 100 valence electrons. The molecular weight excluding hydrogens is 241 g/mol. The Morgan fingerprint density at radius 2 is 2.11 bits per heavy atom. The second-order valence-corrected chi connectivity index (χ2v) is 5.57. The maximum atomic E-state index is 13.4. The zero-order valence-electron chi connectivity index (χ0n) is 10.8. The summed E-state index contributed by atoms with van der Waals surface area (Å²) in [5, 5.41) is 8.96. The topological polar surface area (TPSA) is 53.1 Å². The summed E-state index contributed by atoms with van der Waals surface area (Å²) in [6.07, 6.45) is 4.58. The molecule has 3 rings (SSSR count). The fourth-order valence-corrected chi connectivity index (χ4v) is 3.12. The fourth-order valence-electron chi connectivity index (χ4n) is 3.12. The van der Waals surface area contributed by atoms with Crippen LogP contribution in [0, 0.1) is 17.1 Å². The maximum Gasteiger partial charge on any atom is 0.140 e. The van der Waals surface area contributed by atoms with Gasteiger partial charge in [0.05, 0.1) is 11.6 Å². The summed E-state index contributed by atoms with van der Waals surface area (Å²) in [5.41, 5.74) is 7.38. The number of nitrogens with zero attached hydrogens (tertiary/aromatic N) is 2. The largest absolute Gasteiger partial charge is 0.326 e. The Kier molecular flexibility index (Phi) is 3.26. The molecule has 1 saturated carbocycles. The van der Waals surface area contributed by atoms with E-state index in [0.29, 0.717) is 6.04 Å². The Bertz CT molecular complexity index is 519. The van der Waals surface area contributed by atoms with Crippen molar-refractivity contribution in [2.24, 2.45) is 5.73 Å². The highest BCUT2D eigenvalue weighted by atomic mass is 19.1. The molecule has 0 radical (unpaired) electrons. The molecule has 0 amide bonds. The van der Waals surface area contributed by atoms with E-state index < -0.39 is 5.82 Å². The Hall–Kier alpha value is -1.44. The summed E-state index contributed by atoms with van der Waals surface area (Å²) in [6, 6.07) is 7.59. The Labute approximate surface area is 112 Å². The van der Waals surface area contributed by atoms with E-state index in [2.05, 4.69) is 4.90 Å². The zero-order valence-corrected chi connectivity index (χ0v) is 10.8. The zero-order chi connectivity index (χ0) is 13.4. The van der Waals surface area contributed by atoms with E-state index in [-0.39, 0.29) is 17.6 Å². The molecule has 0 aromatic heterocycles. The minimum absolute atomic E-state index is 0.0753. The van der Waals surface area contributed by atoms with E-state index in [9.17, 15) is 4.39 Å². The van der Waals surface area contributed by atoms with Crippen LogP contribution in [0.3, 0.4) is 0 Å². The van der Waals surface area contributed by atoms with Gasteiger partial charge in [0.2, 0.25) is 0 Å². The summed E-state index contributed by atoms with van der Waals surface area (Å²) < 4.78 is 13.4. The monoisotopic (exact) mass is 259 g/mol. The van der Waals surface area contributed by atoms with E-state index in [1.807, 2.05) is 6.07 Å². The Morgan fingerprint density at radius 3 is 2.79 bits per heavy atom. The Morgan fingerprint density at radius 1 is 1.32 bits per heavy atom. The molecule has 1 saturated heterocycles. The standard InChI is InChI=1S/C15H18FN3/c16-13-6-3-10(8-11(13)9-17)15-14(18)2-1-7-19(15)12-4-5-12/h3,6,8,12,14-15H,1-2,4-5,7,18H2. The maximum absolute atomic E-state index is 13.4. The van der Waals surface area contributed by atoms with Crippen molar-refractivity contribution >= 4 is 0 Å². The molecule has 2 atom stereocenters. The van der Waals surface area contributed by atoms with Crippen LogP contribution in [-0.4, -0.2) is 23.5 Å². The van der Waals surface area contributed by atoms with E-state index in [4.69, 9.17) is 11.0 Å². The average molecular weight is 259 g/mol. The number of hydrogen-bond donors (Lipinski definition) is 1. The third kappa shape index (κ3) is 2.36. The van der Waals surface area contributed by atoms with Gasteiger partial charge in [0, 0.05) is 12.1 Å². The minimum Gasteiger partial charge on any atom is -0.326 e. The molecule has 1 aromatic carbocycles. The van der Waals surface area contributed by atoms with E-state index in [1.165, 1.54) is 18.9 Å². The fraction of sp³-hybridized carbons (Fsp3) is 0.533. The SMILES string of the molecule is N#Cc1cc(C2C(N)CCCN2C2CC2)ccc1F. The van der Waals surface area contributed by atoms with Crippen LogP contribution in [-0.2, 0) is 0 Å². The molecular formula is C15H18FN3. The second kappa shape index (κ2) is 4.92. The van der Waals surface area contributed by atoms with Crippen LogP contribution >= 0.6 is 0 Å². The van der Waals surface area contributed by atoms with Crippen LogP contribution in [0.5, 0.6) is 0 Å². The van der Waals surface area contributed by atoms with E-state index >= 15 is 0 Å². The van der Waals surface area contributed by atoms with E-state index in [1.54, 1.807) is 12.1 Å².